The van der Waals surface area contributed by atoms with E-state index in [0.717, 1.165) is 19.5 Å². The molecule has 1 N–H and O–H groups in total. The van der Waals surface area contributed by atoms with Crippen LogP contribution in [0.1, 0.15) is 51.4 Å². The highest BCUT2D eigenvalue weighted by Gasteiger charge is 2.13. The fourth-order valence-corrected chi connectivity index (χ4v) is 2.98. The normalized spacial score (nSPS) is 18.4. The van der Waals surface area contributed by atoms with Crippen molar-refractivity contribution in [1.82, 2.24) is 20.0 Å². The number of aromatic nitrogens is 2. The number of rotatable bonds is 7. The van der Waals surface area contributed by atoms with Crippen molar-refractivity contribution in [3.05, 3.63) is 17.5 Å². The second-order valence-electron chi connectivity index (χ2n) is 5.94. The first-order valence-corrected chi connectivity index (χ1v) is 8.24. The van der Waals surface area contributed by atoms with Gasteiger partial charge < -0.3 is 10.2 Å². The Morgan fingerprint density at radius 3 is 2.65 bits per heavy atom. The zero-order valence-electron chi connectivity index (χ0n) is 13.4. The molecule has 1 saturated heterocycles. The average Bonchev–Trinajstić information content (AvgIpc) is 2.88. The quantitative estimate of drug-likeness (QED) is 0.831. The first kappa shape index (κ1) is 15.5. The number of nitrogens with one attached hydrogen (secondary N) is 1. The fraction of sp³-hybridized carbons (Fsp3) is 0.812. The highest BCUT2D eigenvalue weighted by Crippen LogP contribution is 2.09. The van der Waals surface area contributed by atoms with E-state index in [0.29, 0.717) is 6.04 Å². The van der Waals surface area contributed by atoms with Gasteiger partial charge in [-0.25, -0.2) is 0 Å². The summed E-state index contributed by atoms with van der Waals surface area (Å²) < 4.78 is 2.12. The van der Waals surface area contributed by atoms with E-state index in [4.69, 9.17) is 0 Å². The van der Waals surface area contributed by atoms with Crippen molar-refractivity contribution in [3.63, 3.8) is 0 Å². The number of aryl methyl sites for hydroxylation is 2. The van der Waals surface area contributed by atoms with Crippen LogP contribution in [0.5, 0.6) is 0 Å². The zero-order chi connectivity index (χ0) is 14.4. The van der Waals surface area contributed by atoms with E-state index in [2.05, 4.69) is 46.8 Å². The lowest BCUT2D eigenvalue weighted by Crippen LogP contribution is -2.41. The Morgan fingerprint density at radius 1 is 1.25 bits per heavy atom. The summed E-state index contributed by atoms with van der Waals surface area (Å²) in [4.78, 5) is 2.59. The van der Waals surface area contributed by atoms with Crippen molar-refractivity contribution >= 4 is 0 Å². The number of hydrogen-bond donors (Lipinski definition) is 1. The lowest BCUT2D eigenvalue weighted by Gasteiger charge is -2.29. The molecule has 1 aromatic rings. The maximum atomic E-state index is 4.61. The predicted octanol–water partition coefficient (Wildman–Crippen LogP) is 2.43. The molecule has 1 aliphatic heterocycles. The van der Waals surface area contributed by atoms with Crippen molar-refractivity contribution in [2.24, 2.45) is 0 Å². The van der Waals surface area contributed by atoms with Crippen LogP contribution in [0.15, 0.2) is 6.07 Å². The summed E-state index contributed by atoms with van der Waals surface area (Å²) in [5, 5.41) is 8.26. The summed E-state index contributed by atoms with van der Waals surface area (Å²) in [6.45, 7) is 12.2. The zero-order valence-corrected chi connectivity index (χ0v) is 13.4. The molecule has 0 saturated carbocycles. The second-order valence-corrected chi connectivity index (χ2v) is 5.94. The molecule has 114 valence electrons. The Labute approximate surface area is 123 Å². The van der Waals surface area contributed by atoms with Gasteiger partial charge in [-0.05, 0) is 52.3 Å². The molecule has 0 radical (unpaired) electrons. The fourth-order valence-electron chi connectivity index (χ4n) is 2.98. The molecule has 4 nitrogen and oxygen atoms in total. The molecule has 1 aromatic heterocycles. The minimum absolute atomic E-state index is 0.540. The summed E-state index contributed by atoms with van der Waals surface area (Å²) in [5.41, 5.74) is 2.52. The van der Waals surface area contributed by atoms with Crippen LogP contribution in [0, 0.1) is 0 Å². The van der Waals surface area contributed by atoms with Crippen molar-refractivity contribution in [3.8, 4) is 0 Å². The molecule has 0 spiro atoms. The maximum absolute atomic E-state index is 4.61. The molecule has 0 aliphatic carbocycles. The molecule has 0 amide bonds. The number of hydrogen-bond acceptors (Lipinski definition) is 3. The van der Waals surface area contributed by atoms with E-state index in [1.54, 1.807) is 0 Å². The van der Waals surface area contributed by atoms with Crippen LogP contribution in [0.3, 0.4) is 0 Å². The van der Waals surface area contributed by atoms with Gasteiger partial charge in [0.25, 0.3) is 0 Å². The first-order valence-electron chi connectivity index (χ1n) is 8.24. The van der Waals surface area contributed by atoms with Crippen LogP contribution >= 0.6 is 0 Å². The van der Waals surface area contributed by atoms with Gasteiger partial charge in [0.05, 0.1) is 11.4 Å². The Bertz CT molecular complexity index is 393. The Kier molecular flexibility index (Phi) is 6.05. The van der Waals surface area contributed by atoms with Crippen LogP contribution < -0.4 is 5.32 Å². The van der Waals surface area contributed by atoms with Crippen LogP contribution in [0.25, 0.3) is 0 Å². The molecule has 0 bridgehead atoms. The van der Waals surface area contributed by atoms with Gasteiger partial charge in [-0.15, -0.1) is 0 Å². The van der Waals surface area contributed by atoms with Crippen molar-refractivity contribution < 1.29 is 0 Å². The van der Waals surface area contributed by atoms with E-state index in [9.17, 15) is 0 Å². The first-order chi connectivity index (χ1) is 9.72. The molecule has 1 fully saturated rings. The molecular formula is C16H30N4. The molecule has 0 aromatic carbocycles. The highest BCUT2D eigenvalue weighted by molar-refractivity contribution is 5.10. The van der Waals surface area contributed by atoms with Crippen molar-refractivity contribution in [2.45, 2.75) is 65.6 Å². The third-order valence-corrected chi connectivity index (χ3v) is 4.19. The second kappa shape index (κ2) is 7.79. The largest absolute Gasteiger partial charge is 0.307 e. The van der Waals surface area contributed by atoms with Crippen molar-refractivity contribution in [1.29, 1.82) is 0 Å². The number of piperidine rings is 1. The van der Waals surface area contributed by atoms with Gasteiger partial charge >= 0.3 is 0 Å². The van der Waals surface area contributed by atoms with Gasteiger partial charge in [0.15, 0.2) is 0 Å². The summed E-state index contributed by atoms with van der Waals surface area (Å²) in [6.07, 6.45) is 5.17. The van der Waals surface area contributed by atoms with E-state index in [1.807, 2.05) is 0 Å². The molecule has 1 atom stereocenters. The lowest BCUT2D eigenvalue weighted by molar-refractivity contribution is 0.208. The van der Waals surface area contributed by atoms with Gasteiger partial charge in [-0.2, -0.15) is 5.10 Å². The molecule has 2 heterocycles. The van der Waals surface area contributed by atoms with Crippen LogP contribution in [-0.4, -0.2) is 40.4 Å². The predicted molar refractivity (Wildman–Crippen MR) is 83.9 cm³/mol. The molecule has 1 aliphatic rings. The third kappa shape index (κ3) is 4.32. The van der Waals surface area contributed by atoms with Crippen LogP contribution in [-0.2, 0) is 19.5 Å². The van der Waals surface area contributed by atoms with Gasteiger partial charge in [-0.1, -0.05) is 13.3 Å². The molecular weight excluding hydrogens is 248 g/mol. The Hall–Kier alpha value is -0.870. The number of nitrogens with zero attached hydrogens (tertiary/aromatic N) is 3. The summed E-state index contributed by atoms with van der Waals surface area (Å²) in [7, 11) is 0. The number of likely N-dealkylation sites (tertiary alicyclic amines) is 1. The molecule has 1 unspecified atom stereocenters. The third-order valence-electron chi connectivity index (χ3n) is 4.19. The van der Waals surface area contributed by atoms with Crippen LogP contribution in [0.2, 0.25) is 0 Å². The molecule has 2 rings (SSSR count). The van der Waals surface area contributed by atoms with Gasteiger partial charge in [0.1, 0.15) is 0 Å². The minimum Gasteiger partial charge on any atom is -0.307 e. The Balaban J connectivity index is 1.80. The van der Waals surface area contributed by atoms with Gasteiger partial charge in [-0.3, -0.25) is 4.68 Å². The SMILES string of the molecule is CCc1cc(CNC(C)CN2CCCCC2)n(CC)n1. The van der Waals surface area contributed by atoms with Gasteiger partial charge in [0.2, 0.25) is 0 Å². The van der Waals surface area contributed by atoms with E-state index < -0.39 is 0 Å². The van der Waals surface area contributed by atoms with Crippen molar-refractivity contribution in [2.75, 3.05) is 19.6 Å². The average molecular weight is 278 g/mol. The summed E-state index contributed by atoms with van der Waals surface area (Å²) in [6, 6.07) is 2.78. The molecule has 4 heteroatoms. The lowest BCUT2D eigenvalue weighted by atomic mass is 10.1. The van der Waals surface area contributed by atoms with Crippen LogP contribution in [0.4, 0.5) is 0 Å². The topological polar surface area (TPSA) is 33.1 Å². The molecule has 20 heavy (non-hydrogen) atoms. The van der Waals surface area contributed by atoms with E-state index >= 15 is 0 Å². The summed E-state index contributed by atoms with van der Waals surface area (Å²) >= 11 is 0. The van der Waals surface area contributed by atoms with E-state index in [1.165, 1.54) is 50.3 Å². The standard InChI is InChI=1S/C16H30N4/c1-4-15-11-16(20(5-2)18-15)12-17-14(3)13-19-9-7-6-8-10-19/h11,14,17H,4-10,12-13H2,1-3H3. The maximum Gasteiger partial charge on any atom is 0.0625 e. The van der Waals surface area contributed by atoms with Gasteiger partial charge in [0, 0.05) is 25.7 Å². The highest BCUT2D eigenvalue weighted by atomic mass is 15.3. The Morgan fingerprint density at radius 2 is 2.00 bits per heavy atom. The van der Waals surface area contributed by atoms with E-state index in [-0.39, 0.29) is 0 Å². The summed E-state index contributed by atoms with van der Waals surface area (Å²) in [5.74, 6) is 0. The minimum atomic E-state index is 0.540. The monoisotopic (exact) mass is 278 g/mol. The smallest absolute Gasteiger partial charge is 0.0625 e.